The summed E-state index contributed by atoms with van der Waals surface area (Å²) in [5.41, 5.74) is 1.48. The lowest BCUT2D eigenvalue weighted by atomic mass is 10.0. The Morgan fingerprint density at radius 2 is 1.68 bits per heavy atom. The number of likely N-dealkylation sites (N-methyl/N-ethyl adjacent to an activating group) is 1. The molecule has 0 unspecified atom stereocenters. The van der Waals surface area contributed by atoms with Crippen LogP contribution in [-0.2, 0) is 11.2 Å². The van der Waals surface area contributed by atoms with Crippen LogP contribution in [0.3, 0.4) is 0 Å². The first-order valence-corrected chi connectivity index (χ1v) is 11.0. The lowest BCUT2D eigenvalue weighted by Gasteiger charge is -2.30. The molecule has 1 aliphatic rings. The molecule has 164 valence electrons. The van der Waals surface area contributed by atoms with Gasteiger partial charge in [-0.05, 0) is 37.5 Å². The second kappa shape index (κ2) is 10.8. The lowest BCUT2D eigenvalue weighted by molar-refractivity contribution is -0.126. The lowest BCUT2D eigenvalue weighted by Crippen LogP contribution is -2.51. The monoisotopic (exact) mass is 420 g/mol. The molecule has 0 radical (unpaired) electrons. The van der Waals surface area contributed by atoms with Gasteiger partial charge in [0, 0.05) is 25.9 Å². The zero-order chi connectivity index (χ0) is 22.2. The molecule has 5 heteroatoms. The molecule has 0 bridgehead atoms. The molecule has 0 saturated heterocycles. The maximum atomic E-state index is 13.5. The Labute approximate surface area is 185 Å². The summed E-state index contributed by atoms with van der Waals surface area (Å²) in [6, 6.07) is 16.5. The van der Waals surface area contributed by atoms with E-state index in [1.807, 2.05) is 55.5 Å². The fourth-order valence-corrected chi connectivity index (χ4v) is 3.76. The average Bonchev–Trinajstić information content (AvgIpc) is 2.79. The Morgan fingerprint density at radius 1 is 1.00 bits per heavy atom. The van der Waals surface area contributed by atoms with Crippen LogP contribution >= 0.6 is 0 Å². The third kappa shape index (κ3) is 5.97. The van der Waals surface area contributed by atoms with Crippen molar-refractivity contribution in [2.45, 2.75) is 57.7 Å². The van der Waals surface area contributed by atoms with Crippen molar-refractivity contribution in [1.29, 1.82) is 0 Å². The van der Waals surface area contributed by atoms with Crippen LogP contribution in [0.25, 0.3) is 0 Å². The highest BCUT2D eigenvalue weighted by molar-refractivity contribution is 5.99. The summed E-state index contributed by atoms with van der Waals surface area (Å²) in [5, 5.41) is 3.16. The average molecular weight is 421 g/mol. The molecule has 2 aromatic rings. The molecule has 2 aromatic carbocycles. The van der Waals surface area contributed by atoms with Gasteiger partial charge < -0.3 is 15.0 Å². The van der Waals surface area contributed by atoms with Crippen molar-refractivity contribution in [1.82, 2.24) is 10.2 Å². The fourth-order valence-electron chi connectivity index (χ4n) is 3.76. The van der Waals surface area contributed by atoms with Crippen LogP contribution in [0.5, 0.6) is 5.75 Å². The molecule has 5 nitrogen and oxygen atoms in total. The number of ether oxygens (including phenoxy) is 1. The molecule has 0 aliphatic carbocycles. The van der Waals surface area contributed by atoms with Crippen LogP contribution in [0.4, 0.5) is 0 Å². The van der Waals surface area contributed by atoms with Crippen LogP contribution in [-0.4, -0.2) is 41.9 Å². The van der Waals surface area contributed by atoms with E-state index in [1.165, 1.54) is 0 Å². The minimum Gasteiger partial charge on any atom is -0.490 e. The standard InChI is InChI=1S/C26H32N2O3/c1-4-21-15-9-8-12-19(2)31-24-17-11-10-16-22(24)26(30)28(3)23(25(29)27-21)18-20-13-6-5-7-14-20/h5-11,13-14,16-17,19,21,23H,4,12,15,18H2,1-3H3,(H,27,29)/b9-8-/t19-,21+,23-/m0/s1. The van der Waals surface area contributed by atoms with Crippen LogP contribution in [0.2, 0.25) is 0 Å². The Balaban J connectivity index is 1.98. The van der Waals surface area contributed by atoms with Crippen molar-refractivity contribution in [3.8, 4) is 5.75 Å². The molecule has 0 fully saturated rings. The molecule has 3 rings (SSSR count). The first kappa shape index (κ1) is 22.6. The van der Waals surface area contributed by atoms with Gasteiger partial charge in [0.1, 0.15) is 11.8 Å². The molecule has 0 saturated carbocycles. The number of benzene rings is 2. The van der Waals surface area contributed by atoms with Gasteiger partial charge in [-0.15, -0.1) is 0 Å². The van der Waals surface area contributed by atoms with Gasteiger partial charge in [0.05, 0.1) is 11.7 Å². The Kier molecular flexibility index (Phi) is 7.88. The van der Waals surface area contributed by atoms with Crippen molar-refractivity contribution in [2.24, 2.45) is 0 Å². The minimum atomic E-state index is -0.624. The summed E-state index contributed by atoms with van der Waals surface area (Å²) in [5.74, 6) is 0.186. The normalized spacial score (nSPS) is 23.8. The zero-order valence-corrected chi connectivity index (χ0v) is 18.6. The summed E-state index contributed by atoms with van der Waals surface area (Å²) < 4.78 is 6.09. The minimum absolute atomic E-state index is 0.0250. The van der Waals surface area contributed by atoms with Crippen molar-refractivity contribution in [3.63, 3.8) is 0 Å². The summed E-state index contributed by atoms with van der Waals surface area (Å²) in [6.07, 6.45) is 6.88. The van der Waals surface area contributed by atoms with Crippen LogP contribution < -0.4 is 10.1 Å². The Hall–Kier alpha value is -3.08. The van der Waals surface area contributed by atoms with E-state index in [-0.39, 0.29) is 24.0 Å². The van der Waals surface area contributed by atoms with E-state index in [4.69, 9.17) is 4.74 Å². The van der Waals surface area contributed by atoms with E-state index in [0.717, 1.165) is 24.8 Å². The van der Waals surface area contributed by atoms with Crippen LogP contribution in [0, 0.1) is 0 Å². The molecule has 1 aliphatic heterocycles. The Morgan fingerprint density at radius 3 is 2.42 bits per heavy atom. The van der Waals surface area contributed by atoms with Crippen molar-refractivity contribution in [3.05, 3.63) is 77.9 Å². The van der Waals surface area contributed by atoms with E-state index in [0.29, 0.717) is 17.7 Å². The predicted octanol–water partition coefficient (Wildman–Crippen LogP) is 4.38. The van der Waals surface area contributed by atoms with Gasteiger partial charge in [0.2, 0.25) is 5.91 Å². The largest absolute Gasteiger partial charge is 0.490 e. The molecule has 0 spiro atoms. The van der Waals surface area contributed by atoms with Gasteiger partial charge in [0.15, 0.2) is 0 Å². The van der Waals surface area contributed by atoms with Crippen molar-refractivity contribution < 1.29 is 14.3 Å². The fraction of sp³-hybridized carbons (Fsp3) is 0.385. The van der Waals surface area contributed by atoms with Gasteiger partial charge in [-0.3, -0.25) is 9.59 Å². The third-order valence-corrected chi connectivity index (χ3v) is 5.70. The molecule has 3 atom stereocenters. The maximum absolute atomic E-state index is 13.5. The number of amides is 2. The highest BCUT2D eigenvalue weighted by Crippen LogP contribution is 2.23. The zero-order valence-electron chi connectivity index (χ0n) is 18.6. The van der Waals surface area contributed by atoms with Gasteiger partial charge in [-0.1, -0.05) is 61.5 Å². The number of hydrogen-bond donors (Lipinski definition) is 1. The van der Waals surface area contributed by atoms with E-state index < -0.39 is 6.04 Å². The maximum Gasteiger partial charge on any atom is 0.258 e. The van der Waals surface area contributed by atoms with E-state index >= 15 is 0 Å². The third-order valence-electron chi connectivity index (χ3n) is 5.70. The number of nitrogens with zero attached hydrogens (tertiary/aromatic N) is 1. The first-order chi connectivity index (χ1) is 15.0. The second-order valence-electron chi connectivity index (χ2n) is 8.10. The number of hydrogen-bond acceptors (Lipinski definition) is 3. The highest BCUT2D eigenvalue weighted by Gasteiger charge is 2.30. The van der Waals surface area contributed by atoms with Gasteiger partial charge in [-0.2, -0.15) is 0 Å². The molecule has 1 heterocycles. The molecule has 0 aromatic heterocycles. The van der Waals surface area contributed by atoms with Crippen molar-refractivity contribution in [2.75, 3.05) is 7.05 Å². The number of carbonyl (C=O) groups is 2. The van der Waals surface area contributed by atoms with Gasteiger partial charge in [0.25, 0.3) is 5.91 Å². The number of fused-ring (bicyclic) bond motifs is 1. The van der Waals surface area contributed by atoms with Crippen LogP contribution in [0.1, 0.15) is 49.0 Å². The summed E-state index contributed by atoms with van der Waals surface area (Å²) >= 11 is 0. The molecule has 2 amide bonds. The number of carbonyl (C=O) groups excluding carboxylic acids is 2. The Bertz CT molecular complexity index is 910. The topological polar surface area (TPSA) is 58.6 Å². The number of nitrogens with one attached hydrogen (secondary N) is 1. The van der Waals surface area contributed by atoms with E-state index in [9.17, 15) is 9.59 Å². The van der Waals surface area contributed by atoms with Crippen LogP contribution in [0.15, 0.2) is 66.7 Å². The number of para-hydroxylation sites is 1. The van der Waals surface area contributed by atoms with Gasteiger partial charge in [-0.25, -0.2) is 0 Å². The smallest absolute Gasteiger partial charge is 0.258 e. The summed E-state index contributed by atoms with van der Waals surface area (Å²) in [4.78, 5) is 28.3. The number of rotatable bonds is 3. The van der Waals surface area contributed by atoms with Gasteiger partial charge >= 0.3 is 0 Å². The quantitative estimate of drug-likeness (QED) is 0.750. The van der Waals surface area contributed by atoms with E-state index in [1.54, 1.807) is 18.0 Å². The highest BCUT2D eigenvalue weighted by atomic mass is 16.5. The molecular weight excluding hydrogens is 388 g/mol. The molecular formula is C26H32N2O3. The molecule has 1 N–H and O–H groups in total. The first-order valence-electron chi connectivity index (χ1n) is 11.0. The summed E-state index contributed by atoms with van der Waals surface area (Å²) in [6.45, 7) is 4.06. The molecule has 31 heavy (non-hydrogen) atoms. The van der Waals surface area contributed by atoms with E-state index in [2.05, 4.69) is 24.4 Å². The van der Waals surface area contributed by atoms with Crippen molar-refractivity contribution >= 4 is 11.8 Å². The SMILES string of the molecule is CC[C@@H]1C/C=C\C[C@H](C)Oc2ccccc2C(=O)N(C)[C@@H](Cc2ccccc2)C(=O)N1. The summed E-state index contributed by atoms with van der Waals surface area (Å²) in [7, 11) is 1.70. The second-order valence-corrected chi connectivity index (χ2v) is 8.10. The predicted molar refractivity (Wildman–Crippen MR) is 123 cm³/mol.